The molecule has 2 rings (SSSR count). The summed E-state index contributed by atoms with van der Waals surface area (Å²) in [5.74, 6) is -0.266. The lowest BCUT2D eigenvalue weighted by atomic mass is 10.0. The lowest BCUT2D eigenvalue weighted by Gasteiger charge is -2.37. The van der Waals surface area contributed by atoms with Crippen LogP contribution in [0.5, 0.6) is 0 Å². The van der Waals surface area contributed by atoms with E-state index in [0.29, 0.717) is 17.1 Å². The van der Waals surface area contributed by atoms with E-state index in [-0.39, 0.29) is 11.8 Å². The third-order valence-corrected chi connectivity index (χ3v) is 4.18. The van der Waals surface area contributed by atoms with Crippen LogP contribution in [0, 0.1) is 0 Å². The summed E-state index contributed by atoms with van der Waals surface area (Å²) < 4.78 is 0.815. The van der Waals surface area contributed by atoms with Crippen LogP contribution in [0.4, 0.5) is 5.69 Å². The molecule has 1 saturated heterocycles. The molecule has 2 atom stereocenters. The Morgan fingerprint density at radius 1 is 1.40 bits per heavy atom. The van der Waals surface area contributed by atoms with E-state index in [4.69, 9.17) is 11.6 Å². The van der Waals surface area contributed by atoms with Crippen molar-refractivity contribution in [3.05, 3.63) is 27.7 Å². The van der Waals surface area contributed by atoms with Gasteiger partial charge in [0.05, 0.1) is 10.7 Å². The molecular formula is C14H16BrClN2O2. The zero-order valence-electron chi connectivity index (χ0n) is 11.3. The molecule has 0 spiro atoms. The van der Waals surface area contributed by atoms with E-state index in [1.165, 1.54) is 4.90 Å². The SMILES string of the molecule is CCCC1NC(=O)C(C)N(c2cc(Br)ccc2Cl)C1=O. The highest BCUT2D eigenvalue weighted by atomic mass is 79.9. The second kappa shape index (κ2) is 6.14. The van der Waals surface area contributed by atoms with Crippen LogP contribution in [0.2, 0.25) is 5.02 Å². The van der Waals surface area contributed by atoms with Crippen molar-refractivity contribution in [2.45, 2.75) is 38.8 Å². The Labute approximate surface area is 131 Å². The highest BCUT2D eigenvalue weighted by Crippen LogP contribution is 2.32. The van der Waals surface area contributed by atoms with Crippen LogP contribution in [-0.2, 0) is 9.59 Å². The molecule has 1 fully saturated rings. The molecule has 4 nitrogen and oxygen atoms in total. The Kier molecular flexibility index (Phi) is 4.70. The van der Waals surface area contributed by atoms with Gasteiger partial charge in [-0.2, -0.15) is 0 Å². The van der Waals surface area contributed by atoms with Gasteiger partial charge >= 0.3 is 0 Å². The predicted molar refractivity (Wildman–Crippen MR) is 82.9 cm³/mol. The van der Waals surface area contributed by atoms with Crippen molar-refractivity contribution in [2.24, 2.45) is 0 Å². The average molecular weight is 360 g/mol. The quantitative estimate of drug-likeness (QED) is 0.901. The van der Waals surface area contributed by atoms with Gasteiger partial charge in [0, 0.05) is 4.47 Å². The molecule has 1 aliphatic rings. The molecule has 0 bridgehead atoms. The Morgan fingerprint density at radius 3 is 2.75 bits per heavy atom. The Bertz CT molecular complexity index is 550. The van der Waals surface area contributed by atoms with E-state index >= 15 is 0 Å². The molecule has 1 heterocycles. The molecule has 1 aromatic rings. The van der Waals surface area contributed by atoms with Crippen molar-refractivity contribution in [2.75, 3.05) is 4.90 Å². The van der Waals surface area contributed by atoms with Crippen LogP contribution in [-0.4, -0.2) is 23.9 Å². The summed E-state index contributed by atoms with van der Waals surface area (Å²) in [6.07, 6.45) is 1.45. The zero-order chi connectivity index (χ0) is 14.9. The minimum absolute atomic E-state index is 0.112. The molecule has 2 unspecified atom stereocenters. The minimum atomic E-state index is -0.567. The molecule has 0 aliphatic carbocycles. The van der Waals surface area contributed by atoms with Gasteiger partial charge in [-0.15, -0.1) is 0 Å². The maximum atomic E-state index is 12.6. The molecule has 2 amide bonds. The average Bonchev–Trinajstić information content (AvgIpc) is 2.40. The number of rotatable bonds is 3. The number of nitrogens with zero attached hydrogens (tertiary/aromatic N) is 1. The van der Waals surface area contributed by atoms with E-state index in [1.807, 2.05) is 6.92 Å². The zero-order valence-corrected chi connectivity index (χ0v) is 13.7. The summed E-state index contributed by atoms with van der Waals surface area (Å²) in [7, 11) is 0. The fraction of sp³-hybridized carbons (Fsp3) is 0.429. The Morgan fingerprint density at radius 2 is 2.10 bits per heavy atom. The van der Waals surface area contributed by atoms with Crippen molar-refractivity contribution in [3.8, 4) is 0 Å². The van der Waals surface area contributed by atoms with Crippen LogP contribution in [0.15, 0.2) is 22.7 Å². The number of halogens is 2. The maximum Gasteiger partial charge on any atom is 0.250 e. The van der Waals surface area contributed by atoms with Gasteiger partial charge in [0.25, 0.3) is 0 Å². The van der Waals surface area contributed by atoms with Crippen LogP contribution < -0.4 is 10.2 Å². The largest absolute Gasteiger partial charge is 0.342 e. The molecular weight excluding hydrogens is 344 g/mol. The molecule has 108 valence electrons. The topological polar surface area (TPSA) is 49.4 Å². The van der Waals surface area contributed by atoms with Gasteiger partial charge in [0.1, 0.15) is 12.1 Å². The van der Waals surface area contributed by atoms with Gasteiger partial charge < -0.3 is 5.32 Å². The summed E-state index contributed by atoms with van der Waals surface area (Å²) in [5, 5.41) is 3.22. The second-order valence-electron chi connectivity index (χ2n) is 4.83. The first-order chi connectivity index (χ1) is 9.45. The molecule has 0 radical (unpaired) electrons. The van der Waals surface area contributed by atoms with Gasteiger partial charge in [0.15, 0.2) is 0 Å². The van der Waals surface area contributed by atoms with E-state index in [0.717, 1.165) is 10.9 Å². The fourth-order valence-electron chi connectivity index (χ4n) is 2.31. The molecule has 6 heteroatoms. The molecule has 0 aromatic heterocycles. The number of carbonyl (C=O) groups is 2. The highest BCUT2D eigenvalue weighted by Gasteiger charge is 2.39. The number of benzene rings is 1. The maximum absolute atomic E-state index is 12.6. The fourth-order valence-corrected chi connectivity index (χ4v) is 2.87. The van der Waals surface area contributed by atoms with Crippen LogP contribution in [0.3, 0.4) is 0 Å². The van der Waals surface area contributed by atoms with Crippen LogP contribution in [0.1, 0.15) is 26.7 Å². The summed E-state index contributed by atoms with van der Waals surface area (Å²) in [5.41, 5.74) is 0.564. The lowest BCUT2D eigenvalue weighted by Crippen LogP contribution is -2.62. The first kappa shape index (κ1) is 15.3. The summed E-state index contributed by atoms with van der Waals surface area (Å²) in [6, 6.07) is 4.23. The van der Waals surface area contributed by atoms with E-state index in [9.17, 15) is 9.59 Å². The number of nitrogens with one attached hydrogen (secondary N) is 1. The van der Waals surface area contributed by atoms with Crippen LogP contribution in [0.25, 0.3) is 0 Å². The summed E-state index contributed by atoms with van der Waals surface area (Å²) in [4.78, 5) is 26.1. The molecule has 20 heavy (non-hydrogen) atoms. The Balaban J connectivity index is 2.43. The molecule has 1 N–H and O–H groups in total. The number of hydrogen-bond donors (Lipinski definition) is 1. The summed E-state index contributed by atoms with van der Waals surface area (Å²) >= 11 is 9.55. The first-order valence-corrected chi connectivity index (χ1v) is 7.71. The number of amides is 2. The third kappa shape index (κ3) is 2.83. The van der Waals surface area contributed by atoms with Crippen molar-refractivity contribution >= 4 is 45.0 Å². The highest BCUT2D eigenvalue weighted by molar-refractivity contribution is 9.10. The Hall–Kier alpha value is -1.07. The van der Waals surface area contributed by atoms with Gasteiger partial charge in [-0.3, -0.25) is 14.5 Å². The van der Waals surface area contributed by atoms with Crippen molar-refractivity contribution in [3.63, 3.8) is 0 Å². The first-order valence-electron chi connectivity index (χ1n) is 6.54. The third-order valence-electron chi connectivity index (χ3n) is 3.36. The minimum Gasteiger partial charge on any atom is -0.342 e. The molecule has 1 aliphatic heterocycles. The van der Waals surface area contributed by atoms with E-state index in [2.05, 4.69) is 21.2 Å². The van der Waals surface area contributed by atoms with E-state index < -0.39 is 12.1 Å². The predicted octanol–water partition coefficient (Wildman–Crippen LogP) is 3.12. The number of carbonyl (C=O) groups excluding carboxylic acids is 2. The van der Waals surface area contributed by atoms with Crippen LogP contribution >= 0.6 is 27.5 Å². The van der Waals surface area contributed by atoms with E-state index in [1.54, 1.807) is 25.1 Å². The molecule has 0 saturated carbocycles. The van der Waals surface area contributed by atoms with Gasteiger partial charge in [-0.05, 0) is 31.5 Å². The van der Waals surface area contributed by atoms with Gasteiger partial charge in [-0.25, -0.2) is 0 Å². The van der Waals surface area contributed by atoms with Crippen molar-refractivity contribution < 1.29 is 9.59 Å². The number of piperazine rings is 1. The van der Waals surface area contributed by atoms with Gasteiger partial charge in [-0.1, -0.05) is 40.9 Å². The second-order valence-corrected chi connectivity index (χ2v) is 6.15. The van der Waals surface area contributed by atoms with Gasteiger partial charge in [0.2, 0.25) is 11.8 Å². The van der Waals surface area contributed by atoms with Crippen molar-refractivity contribution in [1.82, 2.24) is 5.32 Å². The summed E-state index contributed by atoms with van der Waals surface area (Å²) in [6.45, 7) is 3.68. The lowest BCUT2D eigenvalue weighted by molar-refractivity contribution is -0.133. The standard InChI is InChI=1S/C14H16BrClN2O2/c1-3-4-11-14(20)18(8(2)13(19)17-11)12-7-9(15)5-6-10(12)16/h5-8,11H,3-4H2,1-2H3,(H,17,19). The monoisotopic (exact) mass is 358 g/mol. The normalized spacial score (nSPS) is 22.9. The number of hydrogen-bond acceptors (Lipinski definition) is 2. The molecule has 1 aromatic carbocycles. The van der Waals surface area contributed by atoms with Crippen molar-refractivity contribution in [1.29, 1.82) is 0 Å². The smallest absolute Gasteiger partial charge is 0.250 e. The number of anilines is 1.